The predicted octanol–water partition coefficient (Wildman–Crippen LogP) is 3.22. The smallest absolute Gasteiger partial charge is 0.332 e. The molecule has 10 heteroatoms. The average molecular weight is 515 g/mol. The molecular formula is C27H26N6O3S. The molecule has 0 saturated heterocycles. The van der Waals surface area contributed by atoms with Crippen LogP contribution in [0.25, 0.3) is 22.3 Å². The third-order valence-corrected chi connectivity index (χ3v) is 7.49. The summed E-state index contributed by atoms with van der Waals surface area (Å²) in [5.74, 6) is 0.140. The minimum Gasteiger partial charge on any atom is -0.605 e. The van der Waals surface area contributed by atoms with Crippen LogP contribution in [0.3, 0.4) is 0 Å². The van der Waals surface area contributed by atoms with E-state index in [1.807, 2.05) is 50.2 Å². The zero-order chi connectivity index (χ0) is 26.1. The Morgan fingerprint density at radius 3 is 2.38 bits per heavy atom. The summed E-state index contributed by atoms with van der Waals surface area (Å²) in [7, 11) is 1.44. The van der Waals surface area contributed by atoms with Crippen LogP contribution >= 0.6 is 0 Å². The number of hydrogen-bond acceptors (Lipinski definition) is 6. The molecule has 0 fully saturated rings. The van der Waals surface area contributed by atoms with Gasteiger partial charge in [0, 0.05) is 36.5 Å². The maximum Gasteiger partial charge on any atom is 0.332 e. The van der Waals surface area contributed by atoms with E-state index in [-0.39, 0.29) is 28.5 Å². The molecule has 0 aliphatic carbocycles. The molecule has 1 unspecified atom stereocenters. The summed E-state index contributed by atoms with van der Waals surface area (Å²) in [5.41, 5.74) is 1.93. The topological polar surface area (TPSA) is 111 Å². The van der Waals surface area contributed by atoms with Gasteiger partial charge in [-0.25, -0.2) is 19.4 Å². The van der Waals surface area contributed by atoms with Gasteiger partial charge in [0.25, 0.3) is 10.6 Å². The van der Waals surface area contributed by atoms with Gasteiger partial charge in [-0.3, -0.25) is 13.9 Å². The second-order valence-corrected chi connectivity index (χ2v) is 10.6. The SMILES string of the molecule is CC(C)Cn1c(=O)n(C)c(=O)c2c([S+]([O-])c3ccccc3)n(Cc3ccc(-c4ccncn4)cc3)nc21. The van der Waals surface area contributed by atoms with Crippen LogP contribution in [-0.4, -0.2) is 33.4 Å². The van der Waals surface area contributed by atoms with Crippen molar-refractivity contribution in [2.24, 2.45) is 13.0 Å². The van der Waals surface area contributed by atoms with Crippen molar-refractivity contribution in [2.45, 2.75) is 36.9 Å². The van der Waals surface area contributed by atoms with Crippen molar-refractivity contribution in [3.8, 4) is 11.3 Å². The molecule has 1 atom stereocenters. The van der Waals surface area contributed by atoms with E-state index in [1.165, 1.54) is 17.9 Å². The van der Waals surface area contributed by atoms with E-state index in [0.717, 1.165) is 21.4 Å². The number of fused-ring (bicyclic) bond motifs is 1. The van der Waals surface area contributed by atoms with Gasteiger partial charge in [0.05, 0.1) is 12.2 Å². The van der Waals surface area contributed by atoms with E-state index in [2.05, 4.69) is 9.97 Å². The summed E-state index contributed by atoms with van der Waals surface area (Å²) in [6.07, 6.45) is 3.19. The lowest BCUT2D eigenvalue weighted by Crippen LogP contribution is -2.39. The van der Waals surface area contributed by atoms with Crippen LogP contribution in [-0.2, 0) is 31.3 Å². The molecule has 0 saturated carbocycles. The van der Waals surface area contributed by atoms with Crippen molar-refractivity contribution in [1.82, 2.24) is 28.9 Å². The molecule has 0 radical (unpaired) electrons. The molecule has 3 aromatic heterocycles. The van der Waals surface area contributed by atoms with E-state index in [0.29, 0.717) is 11.4 Å². The van der Waals surface area contributed by atoms with Gasteiger partial charge in [-0.05, 0) is 29.7 Å². The van der Waals surface area contributed by atoms with E-state index in [4.69, 9.17) is 5.10 Å². The molecule has 5 aromatic rings. The molecule has 37 heavy (non-hydrogen) atoms. The Labute approximate surface area is 216 Å². The highest BCUT2D eigenvalue weighted by molar-refractivity contribution is 7.91. The first-order valence-electron chi connectivity index (χ1n) is 11.9. The Kier molecular flexibility index (Phi) is 6.77. The van der Waals surface area contributed by atoms with Crippen molar-refractivity contribution < 1.29 is 4.55 Å². The molecule has 0 bridgehead atoms. The van der Waals surface area contributed by atoms with E-state index < -0.39 is 22.4 Å². The summed E-state index contributed by atoms with van der Waals surface area (Å²) < 4.78 is 18.0. The van der Waals surface area contributed by atoms with E-state index in [9.17, 15) is 14.1 Å². The van der Waals surface area contributed by atoms with E-state index >= 15 is 0 Å². The summed E-state index contributed by atoms with van der Waals surface area (Å²) >= 11 is -1.70. The standard InChI is InChI=1S/C27H26N6O3S/c1-18(2)15-32-24-23(25(34)31(3)27(32)35)26(37(36)21-7-5-4-6-8-21)33(30-24)16-19-9-11-20(12-10-19)22-13-14-28-17-29-22/h4-14,17-18H,15-16H2,1-3H3. The molecule has 0 amide bonds. The number of aromatic nitrogens is 6. The summed E-state index contributed by atoms with van der Waals surface area (Å²) in [4.78, 5) is 35.2. The van der Waals surface area contributed by atoms with Gasteiger partial charge in [-0.1, -0.05) is 56.3 Å². The number of benzene rings is 2. The largest absolute Gasteiger partial charge is 0.605 e. The lowest BCUT2D eigenvalue weighted by atomic mass is 10.1. The third kappa shape index (κ3) is 4.73. The lowest BCUT2D eigenvalue weighted by molar-refractivity contribution is 0.497. The Hall–Kier alpha value is -4.02. The van der Waals surface area contributed by atoms with Crippen molar-refractivity contribution in [3.63, 3.8) is 0 Å². The van der Waals surface area contributed by atoms with Gasteiger partial charge < -0.3 is 4.55 Å². The van der Waals surface area contributed by atoms with Gasteiger partial charge in [-0.15, -0.1) is 5.10 Å². The van der Waals surface area contributed by atoms with Gasteiger partial charge in [-0.2, -0.15) is 0 Å². The maximum absolute atomic E-state index is 13.9. The van der Waals surface area contributed by atoms with Gasteiger partial charge >= 0.3 is 5.69 Å². The van der Waals surface area contributed by atoms with Gasteiger partial charge in [0.1, 0.15) is 6.33 Å². The number of nitrogens with zero attached hydrogens (tertiary/aromatic N) is 6. The Morgan fingerprint density at radius 1 is 1.00 bits per heavy atom. The fourth-order valence-electron chi connectivity index (χ4n) is 4.23. The molecule has 0 N–H and O–H groups in total. The summed E-state index contributed by atoms with van der Waals surface area (Å²) in [6, 6.07) is 18.6. The lowest BCUT2D eigenvalue weighted by Gasteiger charge is -2.13. The normalized spacial score (nSPS) is 12.4. The Bertz CT molecular complexity index is 1660. The fourth-order valence-corrected chi connectivity index (χ4v) is 5.52. The first-order valence-corrected chi connectivity index (χ1v) is 13.0. The van der Waals surface area contributed by atoms with E-state index in [1.54, 1.807) is 35.1 Å². The second kappa shape index (κ2) is 10.2. The molecule has 9 nitrogen and oxygen atoms in total. The van der Waals surface area contributed by atoms with Crippen LogP contribution in [0.4, 0.5) is 0 Å². The molecular weight excluding hydrogens is 488 g/mol. The maximum atomic E-state index is 13.9. The van der Waals surface area contributed by atoms with Crippen LogP contribution < -0.4 is 11.2 Å². The van der Waals surface area contributed by atoms with Gasteiger partial charge in [0.2, 0.25) is 0 Å². The highest BCUT2D eigenvalue weighted by Crippen LogP contribution is 2.27. The minimum absolute atomic E-state index is 0.140. The van der Waals surface area contributed by atoms with Gasteiger partial charge in [0.15, 0.2) is 15.9 Å². The van der Waals surface area contributed by atoms with Crippen LogP contribution in [0.1, 0.15) is 19.4 Å². The van der Waals surface area contributed by atoms with Crippen molar-refractivity contribution in [3.05, 3.63) is 99.6 Å². The number of hydrogen-bond donors (Lipinski definition) is 0. The Morgan fingerprint density at radius 2 is 1.73 bits per heavy atom. The molecule has 0 aliphatic rings. The third-order valence-electron chi connectivity index (χ3n) is 6.02. The average Bonchev–Trinajstić information content (AvgIpc) is 3.29. The predicted molar refractivity (Wildman–Crippen MR) is 142 cm³/mol. The zero-order valence-electron chi connectivity index (χ0n) is 20.7. The van der Waals surface area contributed by atoms with Crippen molar-refractivity contribution >= 4 is 22.2 Å². The first kappa shape index (κ1) is 24.7. The molecule has 0 aliphatic heterocycles. The summed E-state index contributed by atoms with van der Waals surface area (Å²) in [5, 5.41) is 5.18. The van der Waals surface area contributed by atoms with Crippen LogP contribution in [0.15, 0.2) is 92.7 Å². The highest BCUT2D eigenvalue weighted by atomic mass is 32.2. The zero-order valence-corrected chi connectivity index (χ0v) is 21.6. The van der Waals surface area contributed by atoms with Crippen LogP contribution in [0.2, 0.25) is 0 Å². The molecule has 3 heterocycles. The molecule has 0 spiro atoms. The molecule has 5 rings (SSSR count). The van der Waals surface area contributed by atoms with Crippen LogP contribution in [0.5, 0.6) is 0 Å². The highest BCUT2D eigenvalue weighted by Gasteiger charge is 2.30. The fraction of sp³-hybridized carbons (Fsp3) is 0.222. The quantitative estimate of drug-likeness (QED) is 0.309. The second-order valence-electron chi connectivity index (χ2n) is 9.19. The molecule has 188 valence electrons. The minimum atomic E-state index is -1.70. The van der Waals surface area contributed by atoms with Crippen molar-refractivity contribution in [1.29, 1.82) is 0 Å². The molecule has 2 aromatic carbocycles. The number of rotatable bonds is 7. The first-order chi connectivity index (χ1) is 17.8. The summed E-state index contributed by atoms with van der Waals surface area (Å²) in [6.45, 7) is 4.63. The van der Waals surface area contributed by atoms with Crippen molar-refractivity contribution in [2.75, 3.05) is 0 Å². The monoisotopic (exact) mass is 514 g/mol. The van der Waals surface area contributed by atoms with Crippen LogP contribution in [0, 0.1) is 5.92 Å². The Balaban J connectivity index is 1.68.